The topological polar surface area (TPSA) is 101 Å². The second kappa shape index (κ2) is 9.11. The standard InChI is InChI=1S/C21H20N4O3S/c1-2-20(17-9-12-22-13-10-17)29(27,28)19-7-5-18(6-8-19)25-21(26)24-15-16-4-3-11-23-14-16/h2-14,20H,1,15H2,(H2,24,25,26). The summed E-state index contributed by atoms with van der Waals surface area (Å²) in [4.78, 5) is 20.1. The molecule has 0 aliphatic rings. The van der Waals surface area contributed by atoms with Crippen molar-refractivity contribution >= 4 is 21.6 Å². The monoisotopic (exact) mass is 408 g/mol. The lowest BCUT2D eigenvalue weighted by molar-refractivity contribution is 0.251. The Morgan fingerprint density at radius 3 is 2.38 bits per heavy atom. The van der Waals surface area contributed by atoms with E-state index in [4.69, 9.17) is 0 Å². The van der Waals surface area contributed by atoms with Crippen LogP contribution < -0.4 is 10.6 Å². The van der Waals surface area contributed by atoms with Crippen LogP contribution in [-0.2, 0) is 16.4 Å². The van der Waals surface area contributed by atoms with Crippen LogP contribution in [-0.4, -0.2) is 24.4 Å². The van der Waals surface area contributed by atoms with Gasteiger partial charge in [-0.1, -0.05) is 12.1 Å². The highest BCUT2D eigenvalue weighted by atomic mass is 32.2. The molecule has 0 bridgehead atoms. The van der Waals surface area contributed by atoms with Gasteiger partial charge >= 0.3 is 6.03 Å². The SMILES string of the molecule is C=CC(c1ccncc1)S(=O)(=O)c1ccc(NC(=O)NCc2cccnc2)cc1. The predicted molar refractivity (Wildman–Crippen MR) is 111 cm³/mol. The fraction of sp³-hybridized carbons (Fsp3) is 0.0952. The van der Waals surface area contributed by atoms with E-state index in [0.29, 0.717) is 17.8 Å². The minimum absolute atomic E-state index is 0.139. The number of rotatable bonds is 7. The first-order chi connectivity index (χ1) is 14.0. The minimum Gasteiger partial charge on any atom is -0.334 e. The number of amides is 2. The lowest BCUT2D eigenvalue weighted by Crippen LogP contribution is -2.28. The zero-order valence-electron chi connectivity index (χ0n) is 15.5. The molecule has 8 heteroatoms. The highest BCUT2D eigenvalue weighted by molar-refractivity contribution is 7.91. The Kier molecular flexibility index (Phi) is 6.36. The van der Waals surface area contributed by atoms with Gasteiger partial charge in [-0.15, -0.1) is 6.58 Å². The lowest BCUT2D eigenvalue weighted by atomic mass is 10.2. The van der Waals surface area contributed by atoms with Crippen molar-refractivity contribution in [3.63, 3.8) is 0 Å². The number of aromatic nitrogens is 2. The van der Waals surface area contributed by atoms with Gasteiger partial charge in [0.15, 0.2) is 9.84 Å². The Bertz CT molecular complexity index is 1070. The van der Waals surface area contributed by atoms with Gasteiger partial charge < -0.3 is 10.6 Å². The number of pyridine rings is 2. The highest BCUT2D eigenvalue weighted by Gasteiger charge is 2.26. The Morgan fingerprint density at radius 1 is 1.03 bits per heavy atom. The molecule has 3 aromatic rings. The van der Waals surface area contributed by atoms with Gasteiger partial charge in [0.1, 0.15) is 5.25 Å². The Hall–Kier alpha value is -3.52. The summed E-state index contributed by atoms with van der Waals surface area (Å²) in [6.45, 7) is 3.99. The van der Waals surface area contributed by atoms with Gasteiger partial charge in [-0.05, 0) is 53.6 Å². The van der Waals surface area contributed by atoms with E-state index in [2.05, 4.69) is 27.2 Å². The Balaban J connectivity index is 1.67. The quantitative estimate of drug-likeness (QED) is 0.583. The van der Waals surface area contributed by atoms with Gasteiger partial charge in [-0.3, -0.25) is 9.97 Å². The minimum atomic E-state index is -3.68. The first kappa shape index (κ1) is 20.2. The number of carbonyl (C=O) groups excluding carboxylic acids is 1. The van der Waals surface area contributed by atoms with E-state index in [1.807, 2.05) is 6.07 Å². The molecule has 0 aliphatic heterocycles. The summed E-state index contributed by atoms with van der Waals surface area (Å²) in [6.07, 6.45) is 7.79. The number of urea groups is 1. The van der Waals surface area contributed by atoms with Crippen LogP contribution in [0.25, 0.3) is 0 Å². The smallest absolute Gasteiger partial charge is 0.319 e. The number of hydrogen-bond acceptors (Lipinski definition) is 5. The van der Waals surface area contributed by atoms with Crippen LogP contribution in [0.3, 0.4) is 0 Å². The van der Waals surface area contributed by atoms with Gasteiger partial charge in [0, 0.05) is 37.0 Å². The zero-order valence-corrected chi connectivity index (χ0v) is 16.3. The van der Waals surface area contributed by atoms with E-state index < -0.39 is 21.1 Å². The molecule has 7 nitrogen and oxygen atoms in total. The molecule has 0 fully saturated rings. The molecule has 2 heterocycles. The second-order valence-electron chi connectivity index (χ2n) is 6.18. The van der Waals surface area contributed by atoms with Crippen molar-refractivity contribution in [3.8, 4) is 0 Å². The van der Waals surface area contributed by atoms with E-state index in [-0.39, 0.29) is 4.90 Å². The van der Waals surface area contributed by atoms with Gasteiger partial charge in [0.2, 0.25) is 0 Å². The second-order valence-corrected chi connectivity index (χ2v) is 8.24. The number of nitrogens with one attached hydrogen (secondary N) is 2. The van der Waals surface area contributed by atoms with Crippen molar-refractivity contribution in [3.05, 3.63) is 97.1 Å². The van der Waals surface area contributed by atoms with E-state index in [1.54, 1.807) is 55.1 Å². The van der Waals surface area contributed by atoms with E-state index in [1.165, 1.54) is 18.2 Å². The van der Waals surface area contributed by atoms with Crippen LogP contribution in [0.15, 0.2) is 90.9 Å². The van der Waals surface area contributed by atoms with Gasteiger partial charge in [-0.2, -0.15) is 0 Å². The summed E-state index contributed by atoms with van der Waals surface area (Å²) >= 11 is 0. The van der Waals surface area contributed by atoms with E-state index in [9.17, 15) is 13.2 Å². The van der Waals surface area contributed by atoms with Crippen molar-refractivity contribution in [2.45, 2.75) is 16.7 Å². The molecular weight excluding hydrogens is 388 g/mol. The lowest BCUT2D eigenvalue weighted by Gasteiger charge is -2.15. The van der Waals surface area contributed by atoms with Crippen molar-refractivity contribution in [1.82, 2.24) is 15.3 Å². The van der Waals surface area contributed by atoms with Crippen molar-refractivity contribution in [1.29, 1.82) is 0 Å². The molecule has 0 radical (unpaired) electrons. The molecule has 1 unspecified atom stereocenters. The number of carbonyl (C=O) groups is 1. The van der Waals surface area contributed by atoms with E-state index >= 15 is 0 Å². The number of anilines is 1. The molecule has 148 valence electrons. The van der Waals surface area contributed by atoms with Crippen LogP contribution in [0.4, 0.5) is 10.5 Å². The predicted octanol–water partition coefficient (Wildman–Crippen LogP) is 3.50. The van der Waals surface area contributed by atoms with Crippen LogP contribution in [0.5, 0.6) is 0 Å². The molecule has 2 amide bonds. The Labute approximate surface area is 169 Å². The third kappa shape index (κ3) is 5.05. The van der Waals surface area contributed by atoms with Crippen LogP contribution >= 0.6 is 0 Å². The van der Waals surface area contributed by atoms with Gasteiger partial charge in [0.05, 0.1) is 4.90 Å². The molecule has 2 N–H and O–H groups in total. The molecule has 0 saturated carbocycles. The van der Waals surface area contributed by atoms with Crippen molar-refractivity contribution in [2.75, 3.05) is 5.32 Å². The first-order valence-corrected chi connectivity index (χ1v) is 10.4. The first-order valence-electron chi connectivity index (χ1n) is 8.81. The van der Waals surface area contributed by atoms with E-state index in [0.717, 1.165) is 5.56 Å². The number of hydrogen-bond donors (Lipinski definition) is 2. The molecular formula is C21H20N4O3S. The molecule has 0 aliphatic carbocycles. The van der Waals surface area contributed by atoms with Crippen LogP contribution in [0.1, 0.15) is 16.4 Å². The van der Waals surface area contributed by atoms with Crippen LogP contribution in [0, 0.1) is 0 Å². The Morgan fingerprint density at radius 2 is 1.76 bits per heavy atom. The maximum Gasteiger partial charge on any atom is 0.319 e. The van der Waals surface area contributed by atoms with Gasteiger partial charge in [-0.25, -0.2) is 13.2 Å². The third-order valence-electron chi connectivity index (χ3n) is 4.20. The summed E-state index contributed by atoms with van der Waals surface area (Å²) in [5.41, 5.74) is 1.94. The maximum atomic E-state index is 13.0. The summed E-state index contributed by atoms with van der Waals surface area (Å²) in [5.74, 6) is 0. The number of nitrogens with zero attached hydrogens (tertiary/aromatic N) is 2. The average molecular weight is 408 g/mol. The summed E-state index contributed by atoms with van der Waals surface area (Å²) in [6, 6.07) is 12.5. The summed E-state index contributed by atoms with van der Waals surface area (Å²) in [7, 11) is -3.68. The summed E-state index contributed by atoms with van der Waals surface area (Å²) in [5, 5.41) is 4.50. The fourth-order valence-corrected chi connectivity index (χ4v) is 4.31. The molecule has 0 saturated heterocycles. The molecule has 29 heavy (non-hydrogen) atoms. The molecule has 2 aromatic heterocycles. The summed E-state index contributed by atoms with van der Waals surface area (Å²) < 4.78 is 25.9. The molecule has 1 atom stereocenters. The highest BCUT2D eigenvalue weighted by Crippen LogP contribution is 2.30. The van der Waals surface area contributed by atoms with Gasteiger partial charge in [0.25, 0.3) is 0 Å². The number of benzene rings is 1. The van der Waals surface area contributed by atoms with Crippen LogP contribution in [0.2, 0.25) is 0 Å². The molecule has 3 rings (SSSR count). The molecule has 0 spiro atoms. The normalized spacial score (nSPS) is 12.0. The third-order valence-corrected chi connectivity index (χ3v) is 6.26. The average Bonchev–Trinajstić information content (AvgIpc) is 2.74. The fourth-order valence-electron chi connectivity index (χ4n) is 2.73. The maximum absolute atomic E-state index is 13.0. The molecule has 1 aromatic carbocycles. The van der Waals surface area contributed by atoms with Crippen molar-refractivity contribution < 1.29 is 13.2 Å². The largest absolute Gasteiger partial charge is 0.334 e. The zero-order chi connectivity index (χ0) is 20.7. The number of sulfone groups is 1. The van der Waals surface area contributed by atoms with Crippen molar-refractivity contribution in [2.24, 2.45) is 0 Å².